The molecule has 4 N–H and O–H groups in total. The Morgan fingerprint density at radius 1 is 1.18 bits per heavy atom. The molecule has 1 heterocycles. The Labute approximate surface area is 199 Å². The highest BCUT2D eigenvalue weighted by atomic mass is 16.5. The van der Waals surface area contributed by atoms with Gasteiger partial charge in [-0.3, -0.25) is 19.1 Å². The van der Waals surface area contributed by atoms with Crippen LogP contribution in [-0.2, 0) is 22.7 Å². The minimum absolute atomic E-state index is 0.00562. The lowest BCUT2D eigenvalue weighted by atomic mass is 10.2. The normalized spacial score (nSPS) is 10.8. The summed E-state index contributed by atoms with van der Waals surface area (Å²) in [5, 5.41) is 2.62. The standard InChI is InChI=1S/C24H35N5O5/c1-4-5-14-28(20-21(25)29(15-17(2)3)23(32)27-22(20)31)19(30)12-9-13-26-24(33)34-16-18-10-7-6-8-11-18/h6-8,10-11,17H,4-5,9,12-16,25H2,1-3H3,(H,26,33)(H,27,31,32). The number of alkyl carbamates (subject to hydrolysis) is 1. The van der Waals surface area contributed by atoms with Crippen LogP contribution in [0.25, 0.3) is 0 Å². The molecule has 2 rings (SSSR count). The lowest BCUT2D eigenvalue weighted by molar-refractivity contribution is -0.118. The van der Waals surface area contributed by atoms with Gasteiger partial charge in [0.1, 0.15) is 12.4 Å². The van der Waals surface area contributed by atoms with Gasteiger partial charge in [-0.2, -0.15) is 0 Å². The van der Waals surface area contributed by atoms with Crippen molar-refractivity contribution >= 4 is 23.5 Å². The van der Waals surface area contributed by atoms with Crippen LogP contribution in [0.4, 0.5) is 16.3 Å². The van der Waals surface area contributed by atoms with Gasteiger partial charge in [0.05, 0.1) is 0 Å². The lowest BCUT2D eigenvalue weighted by Crippen LogP contribution is -2.42. The Hall–Kier alpha value is -3.56. The average molecular weight is 474 g/mol. The number of benzene rings is 1. The van der Waals surface area contributed by atoms with E-state index in [2.05, 4.69) is 10.3 Å². The van der Waals surface area contributed by atoms with Crippen LogP contribution in [0.3, 0.4) is 0 Å². The molecule has 0 saturated heterocycles. The largest absolute Gasteiger partial charge is 0.445 e. The molecule has 2 amide bonds. The van der Waals surface area contributed by atoms with Gasteiger partial charge in [0.2, 0.25) is 5.91 Å². The molecule has 34 heavy (non-hydrogen) atoms. The van der Waals surface area contributed by atoms with Crippen molar-refractivity contribution in [3.63, 3.8) is 0 Å². The van der Waals surface area contributed by atoms with Gasteiger partial charge in [0.15, 0.2) is 5.69 Å². The number of anilines is 2. The first-order chi connectivity index (χ1) is 16.2. The lowest BCUT2D eigenvalue weighted by Gasteiger charge is -2.25. The first-order valence-electron chi connectivity index (χ1n) is 11.6. The number of hydrogen-bond acceptors (Lipinski definition) is 6. The van der Waals surface area contributed by atoms with Crippen molar-refractivity contribution in [2.24, 2.45) is 5.92 Å². The molecule has 2 aromatic rings. The summed E-state index contributed by atoms with van der Waals surface area (Å²) in [5.74, 6) is -0.208. The maximum absolute atomic E-state index is 13.0. The molecule has 0 fully saturated rings. The molecule has 10 nitrogen and oxygen atoms in total. The second kappa shape index (κ2) is 13.2. The number of carbonyl (C=O) groups is 2. The van der Waals surface area contributed by atoms with Crippen LogP contribution in [0.15, 0.2) is 39.9 Å². The third kappa shape index (κ3) is 7.79. The van der Waals surface area contributed by atoms with E-state index in [1.807, 2.05) is 51.1 Å². The van der Waals surface area contributed by atoms with Crippen LogP contribution in [0, 0.1) is 5.92 Å². The molecule has 0 atom stereocenters. The molecule has 0 spiro atoms. The van der Waals surface area contributed by atoms with E-state index in [-0.39, 0.29) is 42.9 Å². The van der Waals surface area contributed by atoms with E-state index >= 15 is 0 Å². The summed E-state index contributed by atoms with van der Waals surface area (Å²) in [6.07, 6.45) is 1.34. The fourth-order valence-corrected chi connectivity index (χ4v) is 3.40. The Kier molecular flexibility index (Phi) is 10.4. The maximum atomic E-state index is 13.0. The molecule has 0 saturated carbocycles. The molecule has 10 heteroatoms. The molecule has 0 radical (unpaired) electrons. The van der Waals surface area contributed by atoms with E-state index in [1.165, 1.54) is 9.47 Å². The van der Waals surface area contributed by atoms with Crippen molar-refractivity contribution in [3.05, 3.63) is 56.7 Å². The zero-order valence-corrected chi connectivity index (χ0v) is 20.1. The summed E-state index contributed by atoms with van der Waals surface area (Å²) in [5.41, 5.74) is 5.78. The third-order valence-corrected chi connectivity index (χ3v) is 5.12. The minimum Gasteiger partial charge on any atom is -0.445 e. The number of ether oxygens (including phenoxy) is 1. The van der Waals surface area contributed by atoms with E-state index in [9.17, 15) is 19.2 Å². The first-order valence-corrected chi connectivity index (χ1v) is 11.6. The number of nitrogen functional groups attached to an aromatic ring is 1. The molecule has 0 bridgehead atoms. The highest BCUT2D eigenvalue weighted by molar-refractivity contribution is 5.95. The number of nitrogens with two attached hydrogens (primary N) is 1. The van der Waals surface area contributed by atoms with Gasteiger partial charge in [-0.1, -0.05) is 57.5 Å². The molecule has 1 aromatic carbocycles. The molecule has 186 valence electrons. The average Bonchev–Trinajstić information content (AvgIpc) is 2.80. The number of rotatable bonds is 12. The van der Waals surface area contributed by atoms with Crippen LogP contribution in [0.1, 0.15) is 52.0 Å². The van der Waals surface area contributed by atoms with Crippen LogP contribution >= 0.6 is 0 Å². The molecular formula is C24H35N5O5. The van der Waals surface area contributed by atoms with Crippen LogP contribution in [0.2, 0.25) is 0 Å². The van der Waals surface area contributed by atoms with Crippen molar-refractivity contribution in [1.82, 2.24) is 14.9 Å². The van der Waals surface area contributed by atoms with Gasteiger partial charge in [0.25, 0.3) is 5.56 Å². The number of unbranched alkanes of at least 4 members (excludes halogenated alkanes) is 1. The summed E-state index contributed by atoms with van der Waals surface area (Å²) in [4.78, 5) is 53.4. The first kappa shape index (κ1) is 26.7. The topological polar surface area (TPSA) is 140 Å². The molecule has 0 aliphatic carbocycles. The number of aromatic amines is 1. The zero-order valence-electron chi connectivity index (χ0n) is 20.1. The second-order valence-corrected chi connectivity index (χ2v) is 8.49. The van der Waals surface area contributed by atoms with Crippen LogP contribution in [0.5, 0.6) is 0 Å². The van der Waals surface area contributed by atoms with Gasteiger partial charge in [0, 0.05) is 26.1 Å². The van der Waals surface area contributed by atoms with Crippen molar-refractivity contribution in [2.45, 2.75) is 59.6 Å². The van der Waals surface area contributed by atoms with Crippen molar-refractivity contribution in [3.8, 4) is 0 Å². The van der Waals surface area contributed by atoms with Crippen molar-refractivity contribution in [1.29, 1.82) is 0 Å². The summed E-state index contributed by atoms with van der Waals surface area (Å²) in [7, 11) is 0. The zero-order chi connectivity index (χ0) is 25.1. The summed E-state index contributed by atoms with van der Waals surface area (Å²) in [6.45, 7) is 6.84. The molecular weight excluding hydrogens is 438 g/mol. The number of aromatic nitrogens is 2. The van der Waals surface area contributed by atoms with Crippen molar-refractivity contribution < 1.29 is 14.3 Å². The fourth-order valence-electron chi connectivity index (χ4n) is 3.40. The van der Waals surface area contributed by atoms with E-state index in [1.54, 1.807) is 0 Å². The van der Waals surface area contributed by atoms with Gasteiger partial charge in [-0.25, -0.2) is 9.59 Å². The molecule has 0 aliphatic rings. The number of nitrogens with zero attached hydrogens (tertiary/aromatic N) is 2. The van der Waals surface area contributed by atoms with Gasteiger partial charge in [-0.05, 0) is 24.3 Å². The summed E-state index contributed by atoms with van der Waals surface area (Å²) >= 11 is 0. The highest BCUT2D eigenvalue weighted by Crippen LogP contribution is 2.19. The maximum Gasteiger partial charge on any atom is 0.407 e. The number of carbonyl (C=O) groups excluding carboxylic acids is 2. The smallest absolute Gasteiger partial charge is 0.407 e. The Bertz CT molecular complexity index is 1060. The van der Waals surface area contributed by atoms with Gasteiger partial charge < -0.3 is 20.7 Å². The molecule has 1 aromatic heterocycles. The number of amides is 2. The van der Waals surface area contributed by atoms with Gasteiger partial charge in [-0.15, -0.1) is 0 Å². The summed E-state index contributed by atoms with van der Waals surface area (Å²) < 4.78 is 6.44. The van der Waals surface area contributed by atoms with E-state index in [0.29, 0.717) is 25.9 Å². The number of nitrogens with one attached hydrogen (secondary N) is 2. The Balaban J connectivity index is 2.01. The monoisotopic (exact) mass is 473 g/mol. The minimum atomic E-state index is -0.686. The Morgan fingerprint density at radius 2 is 1.88 bits per heavy atom. The SMILES string of the molecule is CCCCN(C(=O)CCCNC(=O)OCc1ccccc1)c1c(N)n(CC(C)C)c(=O)[nH]c1=O. The van der Waals surface area contributed by atoms with E-state index < -0.39 is 17.3 Å². The number of H-pyrrole nitrogens is 1. The van der Waals surface area contributed by atoms with Crippen LogP contribution < -0.4 is 27.2 Å². The second-order valence-electron chi connectivity index (χ2n) is 8.49. The predicted molar refractivity (Wildman–Crippen MR) is 132 cm³/mol. The summed E-state index contributed by atoms with van der Waals surface area (Å²) in [6, 6.07) is 9.31. The van der Waals surface area contributed by atoms with Gasteiger partial charge >= 0.3 is 11.8 Å². The fraction of sp³-hybridized carbons (Fsp3) is 0.500. The van der Waals surface area contributed by atoms with E-state index in [4.69, 9.17) is 10.5 Å². The molecule has 0 unspecified atom stereocenters. The quantitative estimate of drug-likeness (QED) is 0.405. The molecule has 0 aliphatic heterocycles. The Morgan fingerprint density at radius 3 is 2.53 bits per heavy atom. The van der Waals surface area contributed by atoms with E-state index in [0.717, 1.165) is 12.0 Å². The number of hydrogen-bond donors (Lipinski definition) is 3. The van der Waals surface area contributed by atoms with Crippen LogP contribution in [-0.4, -0.2) is 34.6 Å². The van der Waals surface area contributed by atoms with Crippen molar-refractivity contribution in [2.75, 3.05) is 23.7 Å². The third-order valence-electron chi connectivity index (χ3n) is 5.12. The highest BCUT2D eigenvalue weighted by Gasteiger charge is 2.24. The predicted octanol–water partition coefficient (Wildman–Crippen LogP) is 2.61.